The maximum absolute atomic E-state index is 10.1. The minimum atomic E-state index is -0.812. The third-order valence-electron chi connectivity index (χ3n) is 2.77. The van der Waals surface area contributed by atoms with Gasteiger partial charge in [-0.25, -0.2) is 10.8 Å². The van der Waals surface area contributed by atoms with Gasteiger partial charge in [-0.05, 0) is 6.92 Å². The number of nitrogen functional groups attached to an aromatic ring is 1. The number of rotatable bonds is 4. The molecule has 0 aliphatic carbocycles. The van der Waals surface area contributed by atoms with E-state index in [-0.39, 0.29) is 0 Å². The highest BCUT2D eigenvalue weighted by Gasteiger charge is 2.32. The van der Waals surface area contributed by atoms with E-state index >= 15 is 0 Å². The van der Waals surface area contributed by atoms with Crippen LogP contribution in [0, 0.1) is 6.92 Å². The second-order valence-electron chi connectivity index (χ2n) is 4.25. The highest BCUT2D eigenvalue weighted by atomic mass is 16.5. The average Bonchev–Trinajstić information content (AvgIpc) is 2.76. The molecule has 0 radical (unpaired) electrons. The number of hydrogen-bond donors (Lipinski definition) is 4. The summed E-state index contributed by atoms with van der Waals surface area (Å²) in [7, 11) is 0. The summed E-state index contributed by atoms with van der Waals surface area (Å²) in [6.07, 6.45) is 2.30. The largest absolute Gasteiger partial charge is 0.386 e. The molecule has 1 unspecified atom stereocenters. The van der Waals surface area contributed by atoms with Gasteiger partial charge in [-0.2, -0.15) is 4.98 Å². The van der Waals surface area contributed by atoms with E-state index in [1.54, 1.807) is 6.20 Å². The first-order valence-electron chi connectivity index (χ1n) is 5.47. The number of hydrazine groups is 1. The van der Waals surface area contributed by atoms with E-state index < -0.39 is 5.60 Å². The van der Waals surface area contributed by atoms with Crippen LogP contribution in [0.5, 0.6) is 0 Å². The van der Waals surface area contributed by atoms with Crippen molar-refractivity contribution in [1.29, 1.82) is 0 Å². The van der Waals surface area contributed by atoms with Crippen LogP contribution in [0.2, 0.25) is 0 Å². The summed E-state index contributed by atoms with van der Waals surface area (Å²) in [6.45, 7) is 3.23. The molecular formula is C10H17N5O2. The van der Waals surface area contributed by atoms with Gasteiger partial charge < -0.3 is 15.2 Å². The second-order valence-corrected chi connectivity index (χ2v) is 4.25. The maximum atomic E-state index is 10.1. The van der Waals surface area contributed by atoms with Crippen LogP contribution in [0.1, 0.15) is 12.0 Å². The van der Waals surface area contributed by atoms with Crippen LogP contribution in [0.15, 0.2) is 6.20 Å². The van der Waals surface area contributed by atoms with Crippen molar-refractivity contribution < 1.29 is 9.84 Å². The molecule has 7 heteroatoms. The lowest BCUT2D eigenvalue weighted by atomic mass is 10.0. The van der Waals surface area contributed by atoms with Gasteiger partial charge in [-0.1, -0.05) is 0 Å². The number of anilines is 2. The predicted octanol–water partition coefficient (Wildman–Crippen LogP) is -0.366. The Hall–Kier alpha value is -1.44. The lowest BCUT2D eigenvalue weighted by Gasteiger charge is -2.21. The molecule has 2 rings (SSSR count). The standard InChI is InChI=1S/C10H17N5O2/c1-7-4-12-9(15-11)14-8(7)13-5-10(16)2-3-17-6-10/h4,16H,2-3,5-6,11H2,1H3,(H2,12,13,14,15). The minimum Gasteiger partial charge on any atom is -0.386 e. The Morgan fingerprint density at radius 3 is 3.12 bits per heavy atom. The molecule has 1 saturated heterocycles. The zero-order chi connectivity index (χ0) is 12.3. The van der Waals surface area contributed by atoms with Crippen molar-refractivity contribution in [2.24, 2.45) is 5.84 Å². The lowest BCUT2D eigenvalue weighted by molar-refractivity contribution is 0.0381. The first-order valence-corrected chi connectivity index (χ1v) is 5.47. The molecule has 1 fully saturated rings. The van der Waals surface area contributed by atoms with Crippen LogP contribution < -0.4 is 16.6 Å². The molecule has 1 aliphatic rings. The van der Waals surface area contributed by atoms with Crippen LogP contribution in [0.25, 0.3) is 0 Å². The van der Waals surface area contributed by atoms with Gasteiger partial charge >= 0.3 is 0 Å². The number of nitrogens with zero attached hydrogens (tertiary/aromatic N) is 2. The number of nitrogens with one attached hydrogen (secondary N) is 2. The average molecular weight is 239 g/mol. The molecule has 0 amide bonds. The van der Waals surface area contributed by atoms with Crippen molar-refractivity contribution in [3.8, 4) is 0 Å². The second kappa shape index (κ2) is 4.82. The lowest BCUT2D eigenvalue weighted by Crippen LogP contribution is -2.37. The fourth-order valence-electron chi connectivity index (χ4n) is 1.67. The molecule has 5 N–H and O–H groups in total. The topological polar surface area (TPSA) is 105 Å². The van der Waals surface area contributed by atoms with Crippen molar-refractivity contribution in [1.82, 2.24) is 9.97 Å². The van der Waals surface area contributed by atoms with E-state index in [0.29, 0.717) is 37.9 Å². The number of ether oxygens (including phenoxy) is 1. The molecule has 1 aromatic rings. The van der Waals surface area contributed by atoms with Gasteiger partial charge in [0.25, 0.3) is 0 Å². The summed E-state index contributed by atoms with van der Waals surface area (Å²) >= 11 is 0. The van der Waals surface area contributed by atoms with Crippen LogP contribution >= 0.6 is 0 Å². The maximum Gasteiger partial charge on any atom is 0.239 e. The molecule has 0 bridgehead atoms. The summed E-state index contributed by atoms with van der Waals surface area (Å²) in [6, 6.07) is 0. The Morgan fingerprint density at radius 2 is 2.47 bits per heavy atom. The highest BCUT2D eigenvalue weighted by Crippen LogP contribution is 2.20. The van der Waals surface area contributed by atoms with Crippen LogP contribution in [0.3, 0.4) is 0 Å². The fraction of sp³-hybridized carbons (Fsp3) is 0.600. The van der Waals surface area contributed by atoms with Gasteiger partial charge in [0.2, 0.25) is 5.95 Å². The first kappa shape index (κ1) is 12.0. The summed E-state index contributed by atoms with van der Waals surface area (Å²) in [4.78, 5) is 8.15. The third-order valence-corrected chi connectivity index (χ3v) is 2.77. The molecule has 7 nitrogen and oxygen atoms in total. The Balaban J connectivity index is 2.02. The van der Waals surface area contributed by atoms with Gasteiger partial charge in [0, 0.05) is 31.3 Å². The molecule has 1 aromatic heterocycles. The van der Waals surface area contributed by atoms with Gasteiger partial charge in [0.15, 0.2) is 0 Å². The Labute approximate surface area is 99.4 Å². The van der Waals surface area contributed by atoms with Gasteiger partial charge in [0.1, 0.15) is 11.4 Å². The predicted molar refractivity (Wildman–Crippen MR) is 63.5 cm³/mol. The van der Waals surface area contributed by atoms with Crippen LogP contribution in [0.4, 0.5) is 11.8 Å². The zero-order valence-corrected chi connectivity index (χ0v) is 9.73. The molecule has 17 heavy (non-hydrogen) atoms. The number of hydrogen-bond acceptors (Lipinski definition) is 7. The normalized spacial score (nSPS) is 23.7. The Bertz CT molecular complexity index is 392. The molecule has 1 aliphatic heterocycles. The van der Waals surface area contributed by atoms with Gasteiger partial charge in [0.05, 0.1) is 6.61 Å². The Morgan fingerprint density at radius 1 is 1.65 bits per heavy atom. The van der Waals surface area contributed by atoms with Crippen molar-refractivity contribution in [2.45, 2.75) is 18.9 Å². The van der Waals surface area contributed by atoms with Gasteiger partial charge in [-0.3, -0.25) is 5.43 Å². The number of nitrogens with two attached hydrogens (primary N) is 1. The zero-order valence-electron chi connectivity index (χ0n) is 9.73. The number of aliphatic hydroxyl groups is 1. The number of aryl methyl sites for hydroxylation is 1. The van der Waals surface area contributed by atoms with E-state index in [0.717, 1.165) is 5.56 Å². The molecule has 1 atom stereocenters. The summed E-state index contributed by atoms with van der Waals surface area (Å²) in [5, 5.41) is 13.2. The van der Waals surface area contributed by atoms with E-state index in [4.69, 9.17) is 10.6 Å². The highest BCUT2D eigenvalue weighted by molar-refractivity contribution is 5.46. The molecular weight excluding hydrogens is 222 g/mol. The molecule has 0 aromatic carbocycles. The van der Waals surface area contributed by atoms with Crippen molar-refractivity contribution in [3.63, 3.8) is 0 Å². The number of aromatic nitrogens is 2. The Kier molecular flexibility index (Phi) is 3.41. The summed E-state index contributed by atoms with van der Waals surface area (Å²) < 4.78 is 5.17. The van der Waals surface area contributed by atoms with E-state index in [1.807, 2.05) is 6.92 Å². The van der Waals surface area contributed by atoms with Crippen LogP contribution in [-0.4, -0.2) is 40.4 Å². The first-order chi connectivity index (χ1) is 8.13. The van der Waals surface area contributed by atoms with Crippen molar-refractivity contribution >= 4 is 11.8 Å². The van der Waals surface area contributed by atoms with Crippen LogP contribution in [-0.2, 0) is 4.74 Å². The summed E-state index contributed by atoms with van der Waals surface area (Å²) in [5.41, 5.74) is 2.47. The fourth-order valence-corrected chi connectivity index (χ4v) is 1.67. The van der Waals surface area contributed by atoms with Crippen molar-refractivity contribution in [2.75, 3.05) is 30.5 Å². The monoisotopic (exact) mass is 239 g/mol. The summed E-state index contributed by atoms with van der Waals surface area (Å²) in [5.74, 6) is 6.24. The van der Waals surface area contributed by atoms with Gasteiger partial charge in [-0.15, -0.1) is 0 Å². The molecule has 94 valence electrons. The SMILES string of the molecule is Cc1cnc(NN)nc1NCC1(O)CCOC1. The molecule has 2 heterocycles. The van der Waals surface area contributed by atoms with E-state index in [1.165, 1.54) is 0 Å². The minimum absolute atomic E-state index is 0.341. The smallest absolute Gasteiger partial charge is 0.239 e. The van der Waals surface area contributed by atoms with E-state index in [2.05, 4.69) is 20.7 Å². The van der Waals surface area contributed by atoms with Crippen molar-refractivity contribution in [3.05, 3.63) is 11.8 Å². The molecule has 0 spiro atoms. The third kappa shape index (κ3) is 2.82. The quantitative estimate of drug-likeness (QED) is 0.420. The molecule has 0 saturated carbocycles. The van der Waals surface area contributed by atoms with E-state index in [9.17, 15) is 5.11 Å².